The molecule has 2 rings (SSSR count). The van der Waals surface area contributed by atoms with E-state index in [0.717, 1.165) is 18.2 Å². The maximum atomic E-state index is 12.8. The molecule has 0 saturated heterocycles. The van der Waals surface area contributed by atoms with Crippen molar-refractivity contribution < 1.29 is 26.3 Å². The number of benzene rings is 2. The minimum atomic E-state index is -4.58. The zero-order chi connectivity index (χ0) is 15.7. The van der Waals surface area contributed by atoms with E-state index in [4.69, 9.17) is 15.4 Å². The van der Waals surface area contributed by atoms with Crippen LogP contribution in [0.15, 0.2) is 53.4 Å². The molecule has 0 aliphatic rings. The summed E-state index contributed by atoms with van der Waals surface area (Å²) in [5.41, 5.74) is -0.955. The zero-order valence-corrected chi connectivity index (χ0v) is 11.8. The summed E-state index contributed by atoms with van der Waals surface area (Å²) < 4.78 is 66.0. The van der Waals surface area contributed by atoms with E-state index >= 15 is 0 Å². The van der Waals surface area contributed by atoms with Crippen molar-refractivity contribution in [3.63, 3.8) is 0 Å². The van der Waals surface area contributed by atoms with Crippen LogP contribution in [0.25, 0.3) is 0 Å². The number of alkyl halides is 3. The molecule has 0 saturated carbocycles. The molecule has 0 aliphatic carbocycles. The molecule has 0 heterocycles. The Hall–Kier alpha value is -1.73. The standard InChI is InChI=1S/C13H8ClF3O3S/c14-21(18,19)10-5-3-4-9(8-10)20-12-7-2-1-6-11(12)13(15,16)17/h1-8H. The Kier molecular flexibility index (Phi) is 4.15. The van der Waals surface area contributed by atoms with E-state index in [0.29, 0.717) is 0 Å². The van der Waals surface area contributed by atoms with Gasteiger partial charge in [-0.05, 0) is 24.3 Å². The van der Waals surface area contributed by atoms with Gasteiger partial charge in [-0.25, -0.2) is 8.42 Å². The third-order valence-corrected chi connectivity index (χ3v) is 3.86. The molecule has 2 aromatic rings. The first-order valence-corrected chi connectivity index (χ1v) is 7.88. The molecule has 112 valence electrons. The van der Waals surface area contributed by atoms with Crippen LogP contribution >= 0.6 is 10.7 Å². The summed E-state index contributed by atoms with van der Waals surface area (Å²) in [7, 11) is 1.19. The van der Waals surface area contributed by atoms with Gasteiger partial charge in [-0.1, -0.05) is 18.2 Å². The summed E-state index contributed by atoms with van der Waals surface area (Å²) in [6.07, 6.45) is -4.58. The second-order valence-corrected chi connectivity index (χ2v) is 6.57. The van der Waals surface area contributed by atoms with Crippen molar-refractivity contribution in [1.29, 1.82) is 0 Å². The average molecular weight is 337 g/mol. The number of hydrogen-bond acceptors (Lipinski definition) is 3. The van der Waals surface area contributed by atoms with Crippen molar-refractivity contribution in [3.8, 4) is 11.5 Å². The van der Waals surface area contributed by atoms with E-state index in [1.807, 2.05) is 0 Å². The van der Waals surface area contributed by atoms with Gasteiger partial charge in [0, 0.05) is 16.7 Å². The quantitative estimate of drug-likeness (QED) is 0.779. The summed E-state index contributed by atoms with van der Waals surface area (Å²) in [6, 6.07) is 9.55. The lowest BCUT2D eigenvalue weighted by atomic mass is 10.2. The highest BCUT2D eigenvalue weighted by atomic mass is 35.7. The van der Waals surface area contributed by atoms with E-state index in [-0.39, 0.29) is 10.6 Å². The summed E-state index contributed by atoms with van der Waals surface area (Å²) in [5.74, 6) is -0.484. The minimum Gasteiger partial charge on any atom is -0.457 e. The van der Waals surface area contributed by atoms with Gasteiger partial charge in [0.25, 0.3) is 9.05 Å². The van der Waals surface area contributed by atoms with Gasteiger partial charge in [0.15, 0.2) is 0 Å². The van der Waals surface area contributed by atoms with Crippen LogP contribution in [0.4, 0.5) is 13.2 Å². The first kappa shape index (κ1) is 15.7. The molecule has 0 spiro atoms. The average Bonchev–Trinajstić information content (AvgIpc) is 2.37. The largest absolute Gasteiger partial charge is 0.457 e. The third kappa shape index (κ3) is 3.89. The fourth-order valence-corrected chi connectivity index (χ4v) is 2.39. The molecule has 0 bridgehead atoms. The van der Waals surface area contributed by atoms with Crippen LogP contribution in [0.3, 0.4) is 0 Å². The molecule has 0 aliphatic heterocycles. The lowest BCUT2D eigenvalue weighted by Crippen LogP contribution is -2.06. The second kappa shape index (κ2) is 5.57. The molecule has 0 radical (unpaired) electrons. The highest BCUT2D eigenvalue weighted by Gasteiger charge is 2.34. The van der Waals surface area contributed by atoms with Gasteiger partial charge >= 0.3 is 6.18 Å². The summed E-state index contributed by atoms with van der Waals surface area (Å²) in [5, 5.41) is 0. The van der Waals surface area contributed by atoms with Crippen LogP contribution in [0.2, 0.25) is 0 Å². The van der Waals surface area contributed by atoms with Gasteiger partial charge in [0.1, 0.15) is 11.5 Å². The Morgan fingerprint density at radius 2 is 1.67 bits per heavy atom. The molecule has 0 atom stereocenters. The number of ether oxygens (including phenoxy) is 1. The Bertz CT molecular complexity index is 757. The van der Waals surface area contributed by atoms with Gasteiger partial charge in [-0.15, -0.1) is 0 Å². The molecule has 2 aromatic carbocycles. The highest BCUT2D eigenvalue weighted by molar-refractivity contribution is 8.13. The SMILES string of the molecule is O=S(=O)(Cl)c1cccc(Oc2ccccc2C(F)(F)F)c1. The normalized spacial score (nSPS) is 12.2. The maximum Gasteiger partial charge on any atom is 0.419 e. The van der Waals surface area contributed by atoms with Crippen LogP contribution < -0.4 is 4.74 Å². The fraction of sp³-hybridized carbons (Fsp3) is 0.0769. The molecule has 21 heavy (non-hydrogen) atoms. The first-order valence-electron chi connectivity index (χ1n) is 5.57. The van der Waals surface area contributed by atoms with E-state index < -0.39 is 26.5 Å². The Labute approximate surface area is 123 Å². The topological polar surface area (TPSA) is 43.4 Å². The monoisotopic (exact) mass is 336 g/mol. The van der Waals surface area contributed by atoms with Crippen LogP contribution in [-0.4, -0.2) is 8.42 Å². The summed E-state index contributed by atoms with van der Waals surface area (Å²) in [4.78, 5) is -0.258. The van der Waals surface area contributed by atoms with Crippen molar-refractivity contribution in [1.82, 2.24) is 0 Å². The minimum absolute atomic E-state index is 0.0616. The van der Waals surface area contributed by atoms with E-state index in [1.165, 1.54) is 30.3 Å². The van der Waals surface area contributed by atoms with Gasteiger partial charge in [0.2, 0.25) is 0 Å². The zero-order valence-electron chi connectivity index (χ0n) is 10.3. The second-order valence-electron chi connectivity index (χ2n) is 4.01. The molecule has 0 amide bonds. The van der Waals surface area contributed by atoms with E-state index in [1.54, 1.807) is 0 Å². The Morgan fingerprint density at radius 3 is 2.29 bits per heavy atom. The lowest BCUT2D eigenvalue weighted by Gasteiger charge is -2.13. The number of halogens is 4. The van der Waals surface area contributed by atoms with E-state index in [9.17, 15) is 21.6 Å². The molecular weight excluding hydrogens is 329 g/mol. The molecule has 3 nitrogen and oxygen atoms in total. The molecule has 0 N–H and O–H groups in total. The lowest BCUT2D eigenvalue weighted by molar-refractivity contribution is -0.138. The molecule has 0 unspecified atom stereocenters. The molecule has 0 aromatic heterocycles. The Morgan fingerprint density at radius 1 is 1.00 bits per heavy atom. The van der Waals surface area contributed by atoms with Crippen LogP contribution in [0, 0.1) is 0 Å². The van der Waals surface area contributed by atoms with Crippen molar-refractivity contribution in [2.75, 3.05) is 0 Å². The van der Waals surface area contributed by atoms with Gasteiger partial charge < -0.3 is 4.74 Å². The number of rotatable bonds is 3. The summed E-state index contributed by atoms with van der Waals surface area (Å²) in [6.45, 7) is 0. The number of hydrogen-bond donors (Lipinski definition) is 0. The highest BCUT2D eigenvalue weighted by Crippen LogP contribution is 2.38. The first-order chi connectivity index (χ1) is 9.68. The smallest absolute Gasteiger partial charge is 0.419 e. The third-order valence-electron chi connectivity index (χ3n) is 2.51. The van der Waals surface area contributed by atoms with Crippen molar-refractivity contribution in [2.45, 2.75) is 11.1 Å². The van der Waals surface area contributed by atoms with Crippen molar-refractivity contribution in [3.05, 3.63) is 54.1 Å². The van der Waals surface area contributed by atoms with Gasteiger partial charge in [-0.2, -0.15) is 13.2 Å². The molecule has 8 heteroatoms. The van der Waals surface area contributed by atoms with Crippen LogP contribution in [0.1, 0.15) is 5.56 Å². The van der Waals surface area contributed by atoms with Crippen molar-refractivity contribution in [2.24, 2.45) is 0 Å². The van der Waals surface area contributed by atoms with Gasteiger partial charge in [-0.3, -0.25) is 0 Å². The number of para-hydroxylation sites is 1. The van der Waals surface area contributed by atoms with E-state index in [2.05, 4.69) is 0 Å². The van der Waals surface area contributed by atoms with Crippen LogP contribution in [-0.2, 0) is 15.2 Å². The fourth-order valence-electron chi connectivity index (χ4n) is 1.61. The summed E-state index contributed by atoms with van der Waals surface area (Å²) >= 11 is 0. The predicted octanol–water partition coefficient (Wildman–Crippen LogP) is 4.43. The van der Waals surface area contributed by atoms with Crippen LogP contribution in [0.5, 0.6) is 11.5 Å². The molecule has 0 fully saturated rings. The van der Waals surface area contributed by atoms with Gasteiger partial charge in [0.05, 0.1) is 10.5 Å². The Balaban J connectivity index is 2.40. The molecular formula is C13H8ClF3O3S. The maximum absolute atomic E-state index is 12.8. The predicted molar refractivity (Wildman–Crippen MR) is 71.0 cm³/mol. The van der Waals surface area contributed by atoms with Crippen molar-refractivity contribution >= 4 is 19.7 Å².